The molecule has 3 aromatic heterocycles. The number of aryl methyl sites for hydroxylation is 1. The number of halogens is 3. The van der Waals surface area contributed by atoms with Gasteiger partial charge in [0.2, 0.25) is 5.13 Å². The molecular formula is C18H14ClF2N5O4S. The van der Waals surface area contributed by atoms with Crippen LogP contribution in [-0.2, 0) is 4.74 Å². The number of nitrogens with one attached hydrogen (secondary N) is 1. The van der Waals surface area contributed by atoms with Gasteiger partial charge in [0.1, 0.15) is 11.3 Å². The Morgan fingerprint density at radius 1 is 1.35 bits per heavy atom. The van der Waals surface area contributed by atoms with Gasteiger partial charge < -0.3 is 14.2 Å². The lowest BCUT2D eigenvalue weighted by Gasteiger charge is -2.24. The minimum absolute atomic E-state index is 0.0198. The lowest BCUT2D eigenvalue weighted by molar-refractivity contribution is -0.0799. The Kier molecular flexibility index (Phi) is 6.20. The summed E-state index contributed by atoms with van der Waals surface area (Å²) >= 11 is 6.98. The molecule has 9 nitrogen and oxygen atoms in total. The number of ether oxygens (including phenoxy) is 3. The van der Waals surface area contributed by atoms with Crippen LogP contribution >= 0.6 is 22.9 Å². The number of carbonyl (C=O) groups excluding carboxylic acids is 1. The summed E-state index contributed by atoms with van der Waals surface area (Å²) in [5.41, 5.74) is 0.613. The highest BCUT2D eigenvalue weighted by Crippen LogP contribution is 2.37. The molecule has 3 aromatic rings. The Morgan fingerprint density at radius 3 is 2.84 bits per heavy atom. The fourth-order valence-corrected chi connectivity index (χ4v) is 3.57. The first-order chi connectivity index (χ1) is 14.9. The van der Waals surface area contributed by atoms with Gasteiger partial charge in [-0.3, -0.25) is 15.1 Å². The molecular weight excluding hydrogens is 456 g/mol. The third kappa shape index (κ3) is 4.86. The molecule has 0 aromatic carbocycles. The van der Waals surface area contributed by atoms with Gasteiger partial charge in [-0.25, -0.2) is 4.98 Å². The maximum Gasteiger partial charge on any atom is 0.387 e. The summed E-state index contributed by atoms with van der Waals surface area (Å²) in [6.07, 6.45) is 2.55. The predicted octanol–water partition coefficient (Wildman–Crippen LogP) is 3.59. The summed E-state index contributed by atoms with van der Waals surface area (Å²) in [7, 11) is 0. The van der Waals surface area contributed by atoms with Crippen molar-refractivity contribution in [3.8, 4) is 22.1 Å². The van der Waals surface area contributed by atoms with Crippen molar-refractivity contribution < 1.29 is 27.8 Å². The van der Waals surface area contributed by atoms with Crippen molar-refractivity contribution in [1.82, 2.24) is 20.2 Å². The minimum atomic E-state index is -3.12. The standard InChI is InChI=1S/C18H14ClF2N5O4S/c1-8-14(30-16(20)21)13(9-2-3-22-12(19)4-9)11(5-23-8)15(27)24-17-25-26-18(31-17)29-10-6-28-7-10/h2-5,10,16H,6-7H2,1H3,(H,24,25,27). The van der Waals surface area contributed by atoms with Gasteiger partial charge in [-0.05, 0) is 36.0 Å². The predicted molar refractivity (Wildman–Crippen MR) is 107 cm³/mol. The second kappa shape index (κ2) is 9.04. The average Bonchev–Trinajstić information content (AvgIpc) is 3.13. The lowest BCUT2D eigenvalue weighted by atomic mass is 9.99. The van der Waals surface area contributed by atoms with Crippen LogP contribution < -0.4 is 14.8 Å². The third-order valence-corrected chi connectivity index (χ3v) is 5.12. The van der Waals surface area contributed by atoms with E-state index in [-0.39, 0.29) is 44.2 Å². The van der Waals surface area contributed by atoms with E-state index in [4.69, 9.17) is 21.1 Å². The molecule has 0 atom stereocenters. The normalized spacial score (nSPS) is 13.7. The Morgan fingerprint density at radius 2 is 2.16 bits per heavy atom. The molecule has 1 aliphatic rings. The zero-order valence-electron chi connectivity index (χ0n) is 15.8. The van der Waals surface area contributed by atoms with Crippen LogP contribution in [0, 0.1) is 6.92 Å². The van der Waals surface area contributed by atoms with Gasteiger partial charge >= 0.3 is 6.61 Å². The molecule has 1 fully saturated rings. The van der Waals surface area contributed by atoms with Crippen LogP contribution in [-0.4, -0.2) is 52.0 Å². The van der Waals surface area contributed by atoms with Crippen molar-refractivity contribution in [2.75, 3.05) is 18.5 Å². The van der Waals surface area contributed by atoms with Crippen molar-refractivity contribution in [2.45, 2.75) is 19.6 Å². The summed E-state index contributed by atoms with van der Waals surface area (Å²) in [6.45, 7) is -0.708. The van der Waals surface area contributed by atoms with Crippen LogP contribution in [0.25, 0.3) is 11.1 Å². The second-order valence-electron chi connectivity index (χ2n) is 6.31. The van der Waals surface area contributed by atoms with E-state index in [1.165, 1.54) is 31.5 Å². The summed E-state index contributed by atoms with van der Waals surface area (Å²) < 4.78 is 41.4. The van der Waals surface area contributed by atoms with E-state index in [0.717, 1.165) is 11.3 Å². The van der Waals surface area contributed by atoms with Gasteiger partial charge in [-0.1, -0.05) is 16.7 Å². The minimum Gasteiger partial charge on any atom is -0.461 e. The Balaban J connectivity index is 1.67. The molecule has 1 N–H and O–H groups in total. The second-order valence-corrected chi connectivity index (χ2v) is 7.64. The summed E-state index contributed by atoms with van der Waals surface area (Å²) in [6, 6.07) is 2.95. The van der Waals surface area contributed by atoms with Crippen molar-refractivity contribution in [3.63, 3.8) is 0 Å². The number of rotatable bonds is 7. The molecule has 4 heterocycles. The maximum absolute atomic E-state index is 13.1. The molecule has 31 heavy (non-hydrogen) atoms. The van der Waals surface area contributed by atoms with Crippen LogP contribution in [0.3, 0.4) is 0 Å². The van der Waals surface area contributed by atoms with Crippen LogP contribution in [0.5, 0.6) is 10.9 Å². The van der Waals surface area contributed by atoms with Gasteiger partial charge in [0, 0.05) is 18.0 Å². The van der Waals surface area contributed by atoms with E-state index in [0.29, 0.717) is 18.8 Å². The van der Waals surface area contributed by atoms with E-state index in [1.807, 2.05) is 0 Å². The number of amides is 1. The zero-order valence-corrected chi connectivity index (χ0v) is 17.4. The largest absolute Gasteiger partial charge is 0.461 e. The van der Waals surface area contributed by atoms with Crippen molar-refractivity contribution in [2.24, 2.45) is 0 Å². The number of pyridine rings is 2. The smallest absolute Gasteiger partial charge is 0.387 e. The topological polar surface area (TPSA) is 108 Å². The lowest BCUT2D eigenvalue weighted by Crippen LogP contribution is -2.38. The zero-order chi connectivity index (χ0) is 22.0. The van der Waals surface area contributed by atoms with Crippen molar-refractivity contribution in [1.29, 1.82) is 0 Å². The monoisotopic (exact) mass is 469 g/mol. The van der Waals surface area contributed by atoms with Gasteiger partial charge in [0.25, 0.3) is 11.1 Å². The van der Waals surface area contributed by atoms with Crippen molar-refractivity contribution in [3.05, 3.63) is 40.9 Å². The number of carbonyl (C=O) groups is 1. The molecule has 0 radical (unpaired) electrons. The molecule has 0 saturated carbocycles. The highest BCUT2D eigenvalue weighted by molar-refractivity contribution is 7.17. The average molecular weight is 470 g/mol. The molecule has 4 rings (SSSR count). The number of hydrogen-bond donors (Lipinski definition) is 1. The number of alkyl halides is 2. The van der Waals surface area contributed by atoms with Crippen LogP contribution in [0.15, 0.2) is 24.5 Å². The Bertz CT molecular complexity index is 1110. The van der Waals surface area contributed by atoms with E-state index < -0.39 is 12.5 Å². The summed E-state index contributed by atoms with van der Waals surface area (Å²) in [5.74, 6) is -0.889. The maximum atomic E-state index is 13.1. The molecule has 13 heteroatoms. The third-order valence-electron chi connectivity index (χ3n) is 4.18. The fourth-order valence-electron chi connectivity index (χ4n) is 2.73. The van der Waals surface area contributed by atoms with Gasteiger partial charge in [-0.15, -0.1) is 5.10 Å². The number of aromatic nitrogens is 4. The summed E-state index contributed by atoms with van der Waals surface area (Å²) in [4.78, 5) is 20.9. The molecule has 0 bridgehead atoms. The van der Waals surface area contributed by atoms with E-state index in [1.54, 1.807) is 0 Å². The highest BCUT2D eigenvalue weighted by atomic mass is 35.5. The van der Waals surface area contributed by atoms with E-state index in [9.17, 15) is 13.6 Å². The molecule has 1 saturated heterocycles. The molecule has 0 spiro atoms. The van der Waals surface area contributed by atoms with E-state index >= 15 is 0 Å². The summed E-state index contributed by atoms with van der Waals surface area (Å²) in [5, 5.41) is 10.9. The van der Waals surface area contributed by atoms with Crippen molar-refractivity contribution >= 4 is 34.0 Å². The van der Waals surface area contributed by atoms with Crippen LogP contribution in [0.2, 0.25) is 5.15 Å². The number of nitrogens with zero attached hydrogens (tertiary/aromatic N) is 4. The van der Waals surface area contributed by atoms with Crippen LogP contribution in [0.4, 0.5) is 13.9 Å². The Labute approximate surface area is 183 Å². The first-order valence-electron chi connectivity index (χ1n) is 8.86. The molecule has 1 amide bonds. The van der Waals surface area contributed by atoms with E-state index in [2.05, 4.69) is 30.2 Å². The SMILES string of the molecule is Cc1ncc(C(=O)Nc2nnc(OC3COC3)s2)c(-c2ccnc(Cl)c2)c1OC(F)F. The molecule has 1 aliphatic heterocycles. The fraction of sp³-hybridized carbons (Fsp3) is 0.278. The van der Waals surface area contributed by atoms with Gasteiger partial charge in [-0.2, -0.15) is 8.78 Å². The number of anilines is 1. The molecule has 0 aliphatic carbocycles. The quantitative estimate of drug-likeness (QED) is 0.523. The van der Waals surface area contributed by atoms with Crippen LogP contribution in [0.1, 0.15) is 16.1 Å². The molecule has 162 valence electrons. The van der Waals surface area contributed by atoms with Gasteiger partial charge in [0.15, 0.2) is 5.75 Å². The molecule has 0 unspecified atom stereocenters. The van der Waals surface area contributed by atoms with Gasteiger partial charge in [0.05, 0.1) is 24.5 Å². The highest BCUT2D eigenvalue weighted by Gasteiger charge is 2.25. The first-order valence-corrected chi connectivity index (χ1v) is 10.1. The Hall–Kier alpha value is -2.96. The first kappa shape index (κ1) is 21.3. The number of hydrogen-bond acceptors (Lipinski definition) is 9.